The molecule has 0 bridgehead atoms. The van der Waals surface area contributed by atoms with Crippen molar-refractivity contribution in [3.05, 3.63) is 59.7 Å². The quantitative estimate of drug-likeness (QED) is 0.748. The molecular formula is C21H27N3O4S. The highest BCUT2D eigenvalue weighted by Crippen LogP contribution is 2.25. The molecule has 0 radical (unpaired) electrons. The molecule has 1 atom stereocenters. The molecule has 0 aliphatic carbocycles. The van der Waals surface area contributed by atoms with Crippen molar-refractivity contribution in [3.63, 3.8) is 0 Å². The van der Waals surface area contributed by atoms with Crippen molar-refractivity contribution < 1.29 is 17.9 Å². The minimum atomic E-state index is -3.28. The molecule has 7 nitrogen and oxygen atoms in total. The van der Waals surface area contributed by atoms with E-state index >= 15 is 0 Å². The second kappa shape index (κ2) is 8.84. The normalized spacial score (nSPS) is 16.6. The topological polar surface area (TPSA) is 79.0 Å². The fourth-order valence-electron chi connectivity index (χ4n) is 3.47. The molecule has 3 rings (SSSR count). The van der Waals surface area contributed by atoms with E-state index in [9.17, 15) is 13.2 Å². The van der Waals surface area contributed by atoms with Gasteiger partial charge in [0.15, 0.2) is 0 Å². The van der Waals surface area contributed by atoms with Crippen molar-refractivity contribution in [1.82, 2.24) is 10.2 Å². The third-order valence-corrected chi connectivity index (χ3v) is 6.92. The summed E-state index contributed by atoms with van der Waals surface area (Å²) in [6.07, 6.45) is 0.601. The SMILES string of the molecule is COc1cccc(C(CNC(=O)c2cccc(N3CCCS3(=O)=O)c2)N(C)C)c1. The van der Waals surface area contributed by atoms with Gasteiger partial charge < -0.3 is 15.0 Å². The van der Waals surface area contributed by atoms with E-state index in [1.165, 1.54) is 4.31 Å². The van der Waals surface area contributed by atoms with Crippen LogP contribution in [0.15, 0.2) is 48.5 Å². The molecule has 0 aromatic heterocycles. The zero-order chi connectivity index (χ0) is 21.0. The Bertz CT molecular complexity index is 975. The molecule has 1 saturated heterocycles. The second-order valence-electron chi connectivity index (χ2n) is 7.26. The summed E-state index contributed by atoms with van der Waals surface area (Å²) in [5.74, 6) is 0.674. The number of rotatable bonds is 7. The number of methoxy groups -OCH3 is 1. The van der Waals surface area contributed by atoms with Crippen molar-refractivity contribution in [2.24, 2.45) is 0 Å². The van der Waals surface area contributed by atoms with Gasteiger partial charge in [-0.2, -0.15) is 0 Å². The van der Waals surface area contributed by atoms with Crippen LogP contribution in [0.25, 0.3) is 0 Å². The van der Waals surface area contributed by atoms with Crippen molar-refractivity contribution >= 4 is 21.6 Å². The summed E-state index contributed by atoms with van der Waals surface area (Å²) in [5, 5.41) is 2.97. The molecule has 1 unspecified atom stereocenters. The Balaban J connectivity index is 1.73. The number of hydrogen-bond donors (Lipinski definition) is 1. The molecule has 156 valence electrons. The zero-order valence-electron chi connectivity index (χ0n) is 17.0. The number of ether oxygens (including phenoxy) is 1. The van der Waals surface area contributed by atoms with Crippen LogP contribution in [0.5, 0.6) is 5.75 Å². The Kier molecular flexibility index (Phi) is 6.44. The maximum Gasteiger partial charge on any atom is 0.251 e. The Morgan fingerprint density at radius 1 is 1.21 bits per heavy atom. The van der Waals surface area contributed by atoms with E-state index in [1.807, 2.05) is 43.3 Å². The molecule has 0 saturated carbocycles. The molecule has 1 aliphatic heterocycles. The summed E-state index contributed by atoms with van der Waals surface area (Å²) in [6, 6.07) is 14.5. The van der Waals surface area contributed by atoms with Gasteiger partial charge in [-0.05, 0) is 56.4 Å². The van der Waals surface area contributed by atoms with E-state index in [0.717, 1.165) is 11.3 Å². The molecule has 2 aromatic carbocycles. The van der Waals surface area contributed by atoms with E-state index < -0.39 is 10.0 Å². The Morgan fingerprint density at radius 2 is 1.97 bits per heavy atom. The molecule has 8 heteroatoms. The summed E-state index contributed by atoms with van der Waals surface area (Å²) < 4.78 is 31.0. The van der Waals surface area contributed by atoms with Gasteiger partial charge in [0.1, 0.15) is 5.75 Å². The molecule has 1 aliphatic rings. The number of carbonyl (C=O) groups excluding carboxylic acids is 1. The third-order valence-electron chi connectivity index (χ3n) is 5.05. The number of nitrogens with one attached hydrogen (secondary N) is 1. The van der Waals surface area contributed by atoms with Gasteiger partial charge in [0.05, 0.1) is 24.6 Å². The zero-order valence-corrected chi connectivity index (χ0v) is 17.8. The smallest absolute Gasteiger partial charge is 0.251 e. The van der Waals surface area contributed by atoms with Crippen LogP contribution in [-0.4, -0.2) is 59.3 Å². The summed E-state index contributed by atoms with van der Waals surface area (Å²) in [5.41, 5.74) is 2.01. The Hall–Kier alpha value is -2.58. The Labute approximate surface area is 172 Å². The van der Waals surface area contributed by atoms with E-state index in [1.54, 1.807) is 31.4 Å². The lowest BCUT2D eigenvalue weighted by atomic mass is 10.1. The number of benzene rings is 2. The highest BCUT2D eigenvalue weighted by molar-refractivity contribution is 7.93. The van der Waals surface area contributed by atoms with Crippen molar-refractivity contribution in [2.45, 2.75) is 12.5 Å². The van der Waals surface area contributed by atoms with Gasteiger partial charge in [0.25, 0.3) is 5.91 Å². The minimum Gasteiger partial charge on any atom is -0.497 e. The van der Waals surface area contributed by atoms with Gasteiger partial charge in [-0.1, -0.05) is 18.2 Å². The Morgan fingerprint density at radius 3 is 2.62 bits per heavy atom. The standard InChI is InChI=1S/C21H27N3O4S/c1-23(2)20(16-7-5-10-19(14-16)28-3)15-22-21(25)17-8-4-9-18(13-17)24-11-6-12-29(24,26)27/h4-5,7-10,13-14,20H,6,11-12,15H2,1-3H3,(H,22,25). The lowest BCUT2D eigenvalue weighted by Crippen LogP contribution is -2.34. The van der Waals surface area contributed by atoms with Crippen LogP contribution >= 0.6 is 0 Å². The molecule has 1 fully saturated rings. The van der Waals surface area contributed by atoms with Crippen LogP contribution in [0.1, 0.15) is 28.4 Å². The first-order chi connectivity index (χ1) is 13.8. The fourth-order valence-corrected chi connectivity index (χ4v) is 5.03. The highest BCUT2D eigenvalue weighted by Gasteiger charge is 2.28. The van der Waals surface area contributed by atoms with Gasteiger partial charge in [-0.15, -0.1) is 0 Å². The average Bonchev–Trinajstić information content (AvgIpc) is 3.07. The summed E-state index contributed by atoms with van der Waals surface area (Å²) in [6.45, 7) is 0.858. The van der Waals surface area contributed by atoms with Crippen LogP contribution in [0.3, 0.4) is 0 Å². The first kappa shape index (κ1) is 21.1. The van der Waals surface area contributed by atoms with Crippen molar-refractivity contribution in [2.75, 3.05) is 44.4 Å². The number of nitrogens with zero attached hydrogens (tertiary/aromatic N) is 2. The maximum atomic E-state index is 12.7. The van der Waals surface area contributed by atoms with Gasteiger partial charge in [0, 0.05) is 18.7 Å². The summed E-state index contributed by atoms with van der Waals surface area (Å²) in [4.78, 5) is 14.8. The summed E-state index contributed by atoms with van der Waals surface area (Å²) >= 11 is 0. The number of amides is 1. The highest BCUT2D eigenvalue weighted by atomic mass is 32.2. The monoisotopic (exact) mass is 417 g/mol. The van der Waals surface area contributed by atoms with Crippen LogP contribution in [-0.2, 0) is 10.0 Å². The van der Waals surface area contributed by atoms with Crippen LogP contribution in [0.4, 0.5) is 5.69 Å². The first-order valence-electron chi connectivity index (χ1n) is 9.51. The van der Waals surface area contributed by atoms with Gasteiger partial charge >= 0.3 is 0 Å². The predicted octanol–water partition coefficient (Wildman–Crippen LogP) is 2.27. The van der Waals surface area contributed by atoms with Gasteiger partial charge in [-0.3, -0.25) is 9.10 Å². The van der Waals surface area contributed by atoms with Crippen molar-refractivity contribution in [1.29, 1.82) is 0 Å². The van der Waals surface area contributed by atoms with E-state index in [-0.39, 0.29) is 17.7 Å². The molecule has 29 heavy (non-hydrogen) atoms. The lowest BCUT2D eigenvalue weighted by molar-refractivity contribution is 0.0942. The second-order valence-corrected chi connectivity index (χ2v) is 9.27. The number of anilines is 1. The minimum absolute atomic E-state index is 0.0313. The fraction of sp³-hybridized carbons (Fsp3) is 0.381. The van der Waals surface area contributed by atoms with Crippen LogP contribution in [0.2, 0.25) is 0 Å². The molecule has 0 spiro atoms. The predicted molar refractivity (Wildman–Crippen MR) is 114 cm³/mol. The molecule has 1 N–H and O–H groups in total. The molecule has 1 heterocycles. The number of carbonyl (C=O) groups is 1. The van der Waals surface area contributed by atoms with Crippen LogP contribution < -0.4 is 14.4 Å². The van der Waals surface area contributed by atoms with E-state index in [2.05, 4.69) is 5.32 Å². The number of hydrogen-bond acceptors (Lipinski definition) is 5. The first-order valence-corrected chi connectivity index (χ1v) is 11.1. The van der Waals surface area contributed by atoms with E-state index in [0.29, 0.717) is 30.8 Å². The molecule has 2 aromatic rings. The third kappa shape index (κ3) is 4.89. The van der Waals surface area contributed by atoms with Gasteiger partial charge in [0.2, 0.25) is 10.0 Å². The van der Waals surface area contributed by atoms with Crippen LogP contribution in [0, 0.1) is 0 Å². The molecule has 1 amide bonds. The lowest BCUT2D eigenvalue weighted by Gasteiger charge is -2.25. The van der Waals surface area contributed by atoms with Gasteiger partial charge in [-0.25, -0.2) is 8.42 Å². The summed E-state index contributed by atoms with van der Waals surface area (Å²) in [7, 11) is 2.25. The maximum absolute atomic E-state index is 12.7. The van der Waals surface area contributed by atoms with E-state index in [4.69, 9.17) is 4.74 Å². The number of likely N-dealkylation sites (N-methyl/N-ethyl adjacent to an activating group) is 1. The largest absolute Gasteiger partial charge is 0.497 e. The average molecular weight is 418 g/mol. The van der Waals surface area contributed by atoms with Crippen molar-refractivity contribution in [3.8, 4) is 5.75 Å². The molecular weight excluding hydrogens is 390 g/mol. The number of sulfonamides is 1.